The van der Waals surface area contributed by atoms with Crippen LogP contribution in [0.15, 0.2) is 17.5 Å². The van der Waals surface area contributed by atoms with E-state index in [2.05, 4.69) is 11.0 Å². The lowest BCUT2D eigenvalue weighted by Gasteiger charge is -2.23. The van der Waals surface area contributed by atoms with E-state index in [0.29, 0.717) is 6.04 Å². The van der Waals surface area contributed by atoms with Crippen LogP contribution in [-0.4, -0.2) is 40.3 Å². The smallest absolute Gasteiger partial charge is 0.328 e. The summed E-state index contributed by atoms with van der Waals surface area (Å²) in [5.41, 5.74) is 0.957. The summed E-state index contributed by atoms with van der Waals surface area (Å²) in [6.07, 6.45) is 7.19. The largest absolute Gasteiger partial charge is 0.478 e. The standard InChI is InChI=1S/C15H21NO3S/c17-8-2-4-13-3-1-7-16(13)10-14-9-12(11-20-14)5-6-15(18)19/h5-6,9,11,13,17H,1-4,7-8,10H2,(H,18,19). The molecule has 110 valence electrons. The predicted octanol–water partition coefficient (Wildman–Crippen LogP) is 2.58. The molecule has 0 radical (unpaired) electrons. The van der Waals surface area contributed by atoms with Gasteiger partial charge in [0.1, 0.15) is 0 Å². The number of carboxylic acid groups (broad SMARTS) is 1. The molecule has 2 heterocycles. The van der Waals surface area contributed by atoms with Crippen LogP contribution in [0.2, 0.25) is 0 Å². The fourth-order valence-electron chi connectivity index (χ4n) is 2.69. The molecule has 2 rings (SSSR count). The fourth-order valence-corrected chi connectivity index (χ4v) is 3.57. The third-order valence-electron chi connectivity index (χ3n) is 3.65. The van der Waals surface area contributed by atoms with Gasteiger partial charge in [-0.25, -0.2) is 4.79 Å². The number of aliphatic hydroxyl groups excluding tert-OH is 1. The summed E-state index contributed by atoms with van der Waals surface area (Å²) in [6.45, 7) is 2.32. The molecule has 1 aromatic rings. The monoisotopic (exact) mass is 295 g/mol. The number of hydrogen-bond donors (Lipinski definition) is 2. The summed E-state index contributed by atoms with van der Waals surface area (Å²) in [7, 11) is 0. The van der Waals surface area contributed by atoms with Crippen molar-refractivity contribution in [3.8, 4) is 0 Å². The quantitative estimate of drug-likeness (QED) is 0.759. The maximum Gasteiger partial charge on any atom is 0.328 e. The van der Waals surface area contributed by atoms with Gasteiger partial charge < -0.3 is 10.2 Å². The maximum atomic E-state index is 10.5. The second kappa shape index (κ2) is 7.57. The highest BCUT2D eigenvalue weighted by atomic mass is 32.1. The minimum atomic E-state index is -0.915. The van der Waals surface area contributed by atoms with Gasteiger partial charge in [0.2, 0.25) is 0 Å². The van der Waals surface area contributed by atoms with E-state index in [1.165, 1.54) is 23.8 Å². The maximum absolute atomic E-state index is 10.5. The van der Waals surface area contributed by atoms with Gasteiger partial charge in [0, 0.05) is 30.1 Å². The van der Waals surface area contributed by atoms with Crippen molar-refractivity contribution < 1.29 is 15.0 Å². The van der Waals surface area contributed by atoms with Crippen LogP contribution in [-0.2, 0) is 11.3 Å². The third-order valence-corrected chi connectivity index (χ3v) is 4.59. The molecule has 0 spiro atoms. The van der Waals surface area contributed by atoms with Crippen molar-refractivity contribution in [1.29, 1.82) is 0 Å². The molecular formula is C15H21NO3S. The van der Waals surface area contributed by atoms with E-state index in [1.807, 2.05) is 5.38 Å². The zero-order valence-electron chi connectivity index (χ0n) is 11.5. The summed E-state index contributed by atoms with van der Waals surface area (Å²) in [6, 6.07) is 2.65. The molecule has 1 unspecified atom stereocenters. The number of hydrogen-bond acceptors (Lipinski definition) is 4. The Morgan fingerprint density at radius 2 is 2.40 bits per heavy atom. The lowest BCUT2D eigenvalue weighted by atomic mass is 10.1. The van der Waals surface area contributed by atoms with Crippen molar-refractivity contribution in [3.63, 3.8) is 0 Å². The van der Waals surface area contributed by atoms with Crippen molar-refractivity contribution >= 4 is 23.4 Å². The molecule has 20 heavy (non-hydrogen) atoms. The fraction of sp³-hybridized carbons (Fsp3) is 0.533. The van der Waals surface area contributed by atoms with E-state index >= 15 is 0 Å². The van der Waals surface area contributed by atoms with Gasteiger partial charge in [-0.05, 0) is 55.3 Å². The molecular weight excluding hydrogens is 274 g/mol. The van der Waals surface area contributed by atoms with Crippen molar-refractivity contribution in [2.24, 2.45) is 0 Å². The number of likely N-dealkylation sites (tertiary alicyclic amines) is 1. The van der Waals surface area contributed by atoms with Crippen molar-refractivity contribution in [2.75, 3.05) is 13.2 Å². The third kappa shape index (κ3) is 4.44. The Kier molecular flexibility index (Phi) is 5.76. The van der Waals surface area contributed by atoms with Crippen LogP contribution in [0.1, 0.15) is 36.1 Å². The Balaban J connectivity index is 1.90. The summed E-state index contributed by atoms with van der Waals surface area (Å²) in [5, 5.41) is 19.5. The van der Waals surface area contributed by atoms with Gasteiger partial charge in [0.05, 0.1) is 0 Å². The molecule has 5 heteroatoms. The Hall–Kier alpha value is -1.17. The van der Waals surface area contributed by atoms with E-state index in [9.17, 15) is 4.79 Å². The van der Waals surface area contributed by atoms with Crippen LogP contribution in [0.5, 0.6) is 0 Å². The first-order valence-electron chi connectivity index (χ1n) is 7.02. The van der Waals surface area contributed by atoms with Gasteiger partial charge in [-0.15, -0.1) is 11.3 Å². The number of aliphatic hydroxyl groups is 1. The summed E-state index contributed by atoms with van der Waals surface area (Å²) in [4.78, 5) is 14.2. The number of aliphatic carboxylic acids is 1. The summed E-state index contributed by atoms with van der Waals surface area (Å²) >= 11 is 1.68. The highest BCUT2D eigenvalue weighted by Gasteiger charge is 2.24. The molecule has 0 aromatic carbocycles. The molecule has 1 fully saturated rings. The van der Waals surface area contributed by atoms with E-state index in [-0.39, 0.29) is 6.61 Å². The zero-order chi connectivity index (χ0) is 14.4. The first-order valence-corrected chi connectivity index (χ1v) is 7.90. The Morgan fingerprint density at radius 1 is 1.55 bits per heavy atom. The van der Waals surface area contributed by atoms with Crippen molar-refractivity contribution in [3.05, 3.63) is 28.0 Å². The van der Waals surface area contributed by atoms with Crippen LogP contribution in [0.25, 0.3) is 6.08 Å². The Morgan fingerprint density at radius 3 is 3.15 bits per heavy atom. The van der Waals surface area contributed by atoms with Gasteiger partial charge in [0.15, 0.2) is 0 Å². The van der Waals surface area contributed by atoms with Gasteiger partial charge in [0.25, 0.3) is 0 Å². The highest BCUT2D eigenvalue weighted by Crippen LogP contribution is 2.26. The number of rotatable bonds is 7. The van der Waals surface area contributed by atoms with Crippen LogP contribution in [0.4, 0.5) is 0 Å². The molecule has 1 aliphatic heterocycles. The van der Waals surface area contributed by atoms with Crippen molar-refractivity contribution in [1.82, 2.24) is 4.90 Å². The highest BCUT2D eigenvalue weighted by molar-refractivity contribution is 7.10. The van der Waals surface area contributed by atoms with E-state index in [4.69, 9.17) is 10.2 Å². The number of thiophene rings is 1. The summed E-state index contributed by atoms with van der Waals surface area (Å²) < 4.78 is 0. The number of nitrogens with zero attached hydrogens (tertiary/aromatic N) is 1. The van der Waals surface area contributed by atoms with E-state index < -0.39 is 5.97 Å². The van der Waals surface area contributed by atoms with Gasteiger partial charge in [-0.2, -0.15) is 0 Å². The number of carbonyl (C=O) groups is 1. The van der Waals surface area contributed by atoms with E-state index in [1.54, 1.807) is 17.4 Å². The second-order valence-corrected chi connectivity index (χ2v) is 6.15. The number of carboxylic acids is 1. The molecule has 1 atom stereocenters. The second-order valence-electron chi connectivity index (χ2n) is 5.15. The molecule has 1 aliphatic rings. The first kappa shape index (κ1) is 15.2. The van der Waals surface area contributed by atoms with Crippen LogP contribution in [0, 0.1) is 0 Å². The van der Waals surface area contributed by atoms with Gasteiger partial charge >= 0.3 is 5.97 Å². The zero-order valence-corrected chi connectivity index (χ0v) is 12.3. The average molecular weight is 295 g/mol. The molecule has 2 N–H and O–H groups in total. The molecule has 1 aromatic heterocycles. The molecule has 0 bridgehead atoms. The SMILES string of the molecule is O=C(O)C=Cc1csc(CN2CCCC2CCCO)c1. The predicted molar refractivity (Wildman–Crippen MR) is 80.7 cm³/mol. The first-order chi connectivity index (χ1) is 9.69. The normalized spacial score (nSPS) is 19.9. The minimum absolute atomic E-state index is 0.271. The Labute approximate surface area is 123 Å². The minimum Gasteiger partial charge on any atom is -0.478 e. The average Bonchev–Trinajstić information content (AvgIpc) is 3.04. The van der Waals surface area contributed by atoms with Crippen LogP contribution < -0.4 is 0 Å². The lowest BCUT2D eigenvalue weighted by Crippen LogP contribution is -2.28. The summed E-state index contributed by atoms with van der Waals surface area (Å²) in [5.74, 6) is -0.915. The van der Waals surface area contributed by atoms with Crippen LogP contribution >= 0.6 is 11.3 Å². The van der Waals surface area contributed by atoms with Crippen molar-refractivity contribution in [2.45, 2.75) is 38.3 Å². The topological polar surface area (TPSA) is 60.8 Å². The van der Waals surface area contributed by atoms with Crippen LogP contribution in [0.3, 0.4) is 0 Å². The molecule has 4 nitrogen and oxygen atoms in total. The molecule has 0 saturated carbocycles. The lowest BCUT2D eigenvalue weighted by molar-refractivity contribution is -0.131. The van der Waals surface area contributed by atoms with E-state index in [0.717, 1.165) is 31.5 Å². The molecule has 0 aliphatic carbocycles. The Bertz CT molecular complexity index is 469. The molecule has 1 saturated heterocycles. The van der Waals surface area contributed by atoms with Gasteiger partial charge in [-0.3, -0.25) is 4.90 Å². The molecule has 0 amide bonds. The van der Waals surface area contributed by atoms with Gasteiger partial charge in [-0.1, -0.05) is 0 Å².